The quantitative estimate of drug-likeness (QED) is 0.462. The van der Waals surface area contributed by atoms with Crippen LogP contribution in [0.4, 0.5) is 0 Å². The Morgan fingerprint density at radius 2 is 1.72 bits per heavy atom. The summed E-state index contributed by atoms with van der Waals surface area (Å²) in [7, 11) is 0. The largest absolute Gasteiger partial charge is 0.432 e. The lowest BCUT2D eigenvalue weighted by Gasteiger charge is -2.34. The van der Waals surface area contributed by atoms with Crippen LogP contribution < -0.4 is 0 Å². The van der Waals surface area contributed by atoms with E-state index < -0.39 is 6.29 Å². The van der Waals surface area contributed by atoms with Crippen LogP contribution in [0, 0.1) is 5.41 Å². The molecule has 0 bridgehead atoms. The van der Waals surface area contributed by atoms with Crippen molar-refractivity contribution in [1.82, 2.24) is 0 Å². The zero-order valence-corrected chi connectivity index (χ0v) is 16.5. The van der Waals surface area contributed by atoms with Crippen molar-refractivity contribution in [3.8, 4) is 0 Å². The Hall–Kier alpha value is -1.35. The molecular formula is C22H34O3. The Morgan fingerprint density at radius 1 is 1.12 bits per heavy atom. The van der Waals surface area contributed by atoms with Gasteiger partial charge in [0.1, 0.15) is 0 Å². The molecule has 0 N–H and O–H groups in total. The third-order valence-corrected chi connectivity index (χ3v) is 5.12. The lowest BCUT2D eigenvalue weighted by atomic mass is 9.94. The molecule has 0 amide bonds. The Morgan fingerprint density at radius 3 is 2.24 bits per heavy atom. The first-order chi connectivity index (χ1) is 11.8. The summed E-state index contributed by atoms with van der Waals surface area (Å²) < 4.78 is 12.0. The van der Waals surface area contributed by atoms with Crippen molar-refractivity contribution in [2.24, 2.45) is 5.41 Å². The van der Waals surface area contributed by atoms with Gasteiger partial charge in [-0.1, -0.05) is 66.0 Å². The molecule has 1 aliphatic rings. The van der Waals surface area contributed by atoms with Gasteiger partial charge in [0.15, 0.2) is 0 Å². The maximum atomic E-state index is 12.6. The predicted octanol–water partition coefficient (Wildman–Crippen LogP) is 6.08. The molecule has 1 aromatic carbocycles. The average Bonchev–Trinajstić information content (AvgIpc) is 2.60. The van der Waals surface area contributed by atoms with Crippen molar-refractivity contribution < 1.29 is 14.3 Å². The monoisotopic (exact) mass is 346 g/mol. The minimum Gasteiger partial charge on any atom is -0.432 e. The fourth-order valence-corrected chi connectivity index (χ4v) is 3.13. The summed E-state index contributed by atoms with van der Waals surface area (Å²) in [5, 5.41) is 0. The van der Waals surface area contributed by atoms with E-state index in [1.54, 1.807) is 0 Å². The molecule has 0 aromatic heterocycles. The standard InChI is InChI=1S/C22H34O3/c1-6-16(2)17-12-14-18(15-13-17)20(23)25-21(22(3,4)5)24-19-10-8-7-9-11-19/h12-16,19,21H,6-11H2,1-5H3. The summed E-state index contributed by atoms with van der Waals surface area (Å²) in [4.78, 5) is 12.6. The van der Waals surface area contributed by atoms with E-state index in [-0.39, 0.29) is 17.5 Å². The van der Waals surface area contributed by atoms with Gasteiger partial charge in [0, 0.05) is 5.41 Å². The molecule has 2 atom stereocenters. The molecule has 1 aromatic rings. The van der Waals surface area contributed by atoms with E-state index in [1.165, 1.54) is 24.8 Å². The van der Waals surface area contributed by atoms with Crippen molar-refractivity contribution in [1.29, 1.82) is 0 Å². The highest BCUT2D eigenvalue weighted by molar-refractivity contribution is 5.89. The summed E-state index contributed by atoms with van der Waals surface area (Å²) in [5.74, 6) is 0.202. The van der Waals surface area contributed by atoms with Crippen LogP contribution in [0.15, 0.2) is 24.3 Å². The number of rotatable bonds is 6. The number of esters is 1. The van der Waals surface area contributed by atoms with Crippen molar-refractivity contribution in [3.05, 3.63) is 35.4 Å². The molecule has 0 radical (unpaired) electrons. The Kier molecular flexibility index (Phi) is 7.06. The van der Waals surface area contributed by atoms with Crippen LogP contribution in [0.1, 0.15) is 95.0 Å². The van der Waals surface area contributed by atoms with Crippen LogP contribution in [0.25, 0.3) is 0 Å². The van der Waals surface area contributed by atoms with Crippen LogP contribution in [0.5, 0.6) is 0 Å². The van der Waals surface area contributed by atoms with Crippen molar-refractivity contribution in [3.63, 3.8) is 0 Å². The third kappa shape index (κ3) is 5.85. The van der Waals surface area contributed by atoms with E-state index in [0.717, 1.165) is 19.3 Å². The smallest absolute Gasteiger partial charge is 0.340 e. The summed E-state index contributed by atoms with van der Waals surface area (Å²) >= 11 is 0. The van der Waals surface area contributed by atoms with Crippen molar-refractivity contribution in [2.45, 2.75) is 91.5 Å². The minimum absolute atomic E-state index is 0.207. The molecule has 3 heteroatoms. The number of carbonyl (C=O) groups is 1. The minimum atomic E-state index is -0.516. The Labute approximate surface area is 153 Å². The topological polar surface area (TPSA) is 35.5 Å². The summed E-state index contributed by atoms with van der Waals surface area (Å²) in [5.41, 5.74) is 1.60. The number of carbonyl (C=O) groups excluding carboxylic acids is 1. The fraction of sp³-hybridized carbons (Fsp3) is 0.682. The van der Waals surface area contributed by atoms with E-state index in [0.29, 0.717) is 11.5 Å². The third-order valence-electron chi connectivity index (χ3n) is 5.12. The molecule has 0 spiro atoms. The highest BCUT2D eigenvalue weighted by Crippen LogP contribution is 2.30. The molecule has 0 heterocycles. The van der Waals surface area contributed by atoms with Gasteiger partial charge in [-0.3, -0.25) is 0 Å². The van der Waals surface area contributed by atoms with Crippen LogP contribution in [0.3, 0.4) is 0 Å². The van der Waals surface area contributed by atoms with Gasteiger partial charge in [-0.25, -0.2) is 4.79 Å². The van der Waals surface area contributed by atoms with Crippen LogP contribution in [0.2, 0.25) is 0 Å². The molecule has 1 fully saturated rings. The van der Waals surface area contributed by atoms with Gasteiger partial charge < -0.3 is 9.47 Å². The molecule has 3 nitrogen and oxygen atoms in total. The lowest BCUT2D eigenvalue weighted by molar-refractivity contribution is -0.194. The second-order valence-corrected chi connectivity index (χ2v) is 8.43. The van der Waals surface area contributed by atoms with Crippen molar-refractivity contribution in [2.75, 3.05) is 0 Å². The second kappa shape index (κ2) is 8.84. The second-order valence-electron chi connectivity index (χ2n) is 8.43. The predicted molar refractivity (Wildman–Crippen MR) is 102 cm³/mol. The molecule has 140 valence electrons. The maximum absolute atomic E-state index is 12.6. The highest BCUT2D eigenvalue weighted by atomic mass is 16.7. The molecule has 1 aliphatic carbocycles. The molecule has 1 saturated carbocycles. The van der Waals surface area contributed by atoms with E-state index in [2.05, 4.69) is 34.6 Å². The Balaban J connectivity index is 2.03. The Bertz CT molecular complexity index is 535. The first kappa shape index (κ1) is 20.0. The van der Waals surface area contributed by atoms with E-state index in [4.69, 9.17) is 9.47 Å². The number of hydrogen-bond donors (Lipinski definition) is 0. The van der Waals surface area contributed by atoms with Gasteiger partial charge in [0.25, 0.3) is 0 Å². The molecule has 25 heavy (non-hydrogen) atoms. The van der Waals surface area contributed by atoms with Gasteiger partial charge >= 0.3 is 5.97 Å². The highest BCUT2D eigenvalue weighted by Gasteiger charge is 2.32. The van der Waals surface area contributed by atoms with Gasteiger partial charge in [-0.15, -0.1) is 0 Å². The number of benzene rings is 1. The lowest BCUT2D eigenvalue weighted by Crippen LogP contribution is -2.38. The van der Waals surface area contributed by atoms with Crippen LogP contribution in [-0.4, -0.2) is 18.4 Å². The van der Waals surface area contributed by atoms with Crippen LogP contribution >= 0.6 is 0 Å². The van der Waals surface area contributed by atoms with Gasteiger partial charge in [0.2, 0.25) is 6.29 Å². The average molecular weight is 347 g/mol. The summed E-state index contributed by atoms with van der Waals surface area (Å²) in [6, 6.07) is 7.78. The maximum Gasteiger partial charge on any atom is 0.340 e. The van der Waals surface area contributed by atoms with E-state index in [9.17, 15) is 4.79 Å². The zero-order valence-electron chi connectivity index (χ0n) is 16.5. The van der Waals surface area contributed by atoms with E-state index >= 15 is 0 Å². The van der Waals surface area contributed by atoms with Crippen LogP contribution in [-0.2, 0) is 9.47 Å². The summed E-state index contributed by atoms with van der Waals surface area (Å²) in [6.45, 7) is 10.5. The molecule has 2 unspecified atom stereocenters. The first-order valence-corrected chi connectivity index (χ1v) is 9.77. The first-order valence-electron chi connectivity index (χ1n) is 9.77. The normalized spacial score (nSPS) is 18.6. The zero-order chi connectivity index (χ0) is 18.4. The molecule has 0 aliphatic heterocycles. The fourth-order valence-electron chi connectivity index (χ4n) is 3.13. The molecular weight excluding hydrogens is 312 g/mol. The number of hydrogen-bond acceptors (Lipinski definition) is 3. The van der Waals surface area contributed by atoms with Gasteiger partial charge in [0.05, 0.1) is 11.7 Å². The number of ether oxygens (including phenoxy) is 2. The molecule has 2 rings (SSSR count). The van der Waals surface area contributed by atoms with Gasteiger partial charge in [-0.05, 0) is 42.9 Å². The van der Waals surface area contributed by atoms with E-state index in [1.807, 2.05) is 24.3 Å². The van der Waals surface area contributed by atoms with Gasteiger partial charge in [-0.2, -0.15) is 0 Å². The van der Waals surface area contributed by atoms with Crippen molar-refractivity contribution >= 4 is 5.97 Å². The summed E-state index contributed by atoms with van der Waals surface area (Å²) in [6.07, 6.45) is 6.59. The SMILES string of the molecule is CCC(C)c1ccc(C(=O)OC(OC2CCCCC2)C(C)(C)C)cc1. The molecule has 0 saturated heterocycles.